The van der Waals surface area contributed by atoms with Crippen molar-refractivity contribution in [3.63, 3.8) is 0 Å². The number of nitrogens with one attached hydrogen (secondary N) is 1. The van der Waals surface area contributed by atoms with E-state index in [-0.39, 0.29) is 0 Å². The molecule has 0 radical (unpaired) electrons. The Morgan fingerprint density at radius 3 is 2.67 bits per heavy atom. The fraction of sp³-hybridized carbons (Fsp3) is 0.545. The minimum absolute atomic E-state index is 0.542. The van der Waals surface area contributed by atoms with Crippen molar-refractivity contribution in [2.75, 3.05) is 12.8 Å². The molecular formula is C11H17BrN2S. The lowest BCUT2D eigenvalue weighted by Gasteiger charge is -2.19. The molecule has 1 N–H and O–H groups in total. The van der Waals surface area contributed by atoms with Crippen molar-refractivity contribution in [1.82, 2.24) is 10.3 Å². The fourth-order valence-corrected chi connectivity index (χ4v) is 2.66. The van der Waals surface area contributed by atoms with Gasteiger partial charge in [-0.2, -0.15) is 0 Å². The van der Waals surface area contributed by atoms with Gasteiger partial charge >= 0.3 is 0 Å². The van der Waals surface area contributed by atoms with E-state index in [0.717, 1.165) is 15.3 Å². The number of thioether (sulfide) groups is 1. The molecule has 0 bridgehead atoms. The summed E-state index contributed by atoms with van der Waals surface area (Å²) in [5.74, 6) is 1.71. The van der Waals surface area contributed by atoms with Crippen molar-refractivity contribution < 1.29 is 0 Å². The summed E-state index contributed by atoms with van der Waals surface area (Å²) in [5.41, 5.74) is 0. The second-order valence-electron chi connectivity index (χ2n) is 3.76. The van der Waals surface area contributed by atoms with Crippen molar-refractivity contribution in [2.24, 2.45) is 5.92 Å². The number of halogens is 1. The quantitative estimate of drug-likeness (QED) is 0.843. The second-order valence-corrected chi connectivity index (χ2v) is 5.72. The molecule has 1 heterocycles. The highest BCUT2D eigenvalue weighted by Crippen LogP contribution is 2.20. The molecule has 0 aliphatic heterocycles. The van der Waals surface area contributed by atoms with E-state index < -0.39 is 0 Å². The Morgan fingerprint density at radius 1 is 1.47 bits per heavy atom. The fourth-order valence-electron chi connectivity index (χ4n) is 1.23. The number of hydrogen-bond acceptors (Lipinski definition) is 3. The standard InChI is InChI=1S/C11H17BrN2S/c1-8(2)10(13-3)7-15-11-5-4-9(12)6-14-11/h4-6,8,10,13H,7H2,1-3H3. The lowest BCUT2D eigenvalue weighted by atomic mass is 10.1. The van der Waals surface area contributed by atoms with E-state index in [4.69, 9.17) is 0 Å². The highest BCUT2D eigenvalue weighted by molar-refractivity contribution is 9.10. The van der Waals surface area contributed by atoms with E-state index >= 15 is 0 Å². The summed E-state index contributed by atoms with van der Waals surface area (Å²) in [6, 6.07) is 4.61. The topological polar surface area (TPSA) is 24.9 Å². The Hall–Kier alpha value is -0.0600. The van der Waals surface area contributed by atoms with Gasteiger partial charge in [0.25, 0.3) is 0 Å². The van der Waals surface area contributed by atoms with Gasteiger partial charge in [-0.1, -0.05) is 13.8 Å². The lowest BCUT2D eigenvalue weighted by Crippen LogP contribution is -2.32. The summed E-state index contributed by atoms with van der Waals surface area (Å²) < 4.78 is 1.03. The largest absolute Gasteiger partial charge is 0.316 e. The summed E-state index contributed by atoms with van der Waals surface area (Å²) in [6.07, 6.45) is 1.84. The molecule has 0 amide bonds. The molecular weight excluding hydrogens is 272 g/mol. The molecule has 0 aromatic carbocycles. The molecule has 4 heteroatoms. The zero-order chi connectivity index (χ0) is 11.3. The minimum Gasteiger partial charge on any atom is -0.316 e. The van der Waals surface area contributed by atoms with Gasteiger partial charge in [-0.15, -0.1) is 11.8 Å². The molecule has 0 aliphatic carbocycles. The summed E-state index contributed by atoms with van der Waals surface area (Å²) in [7, 11) is 2.01. The number of pyridine rings is 1. The molecule has 1 aromatic rings. The van der Waals surface area contributed by atoms with E-state index in [1.165, 1.54) is 0 Å². The van der Waals surface area contributed by atoms with Gasteiger partial charge in [-0.3, -0.25) is 0 Å². The van der Waals surface area contributed by atoms with Crippen LogP contribution in [-0.2, 0) is 0 Å². The third kappa shape index (κ3) is 4.53. The lowest BCUT2D eigenvalue weighted by molar-refractivity contribution is 0.465. The van der Waals surface area contributed by atoms with Crippen LogP contribution < -0.4 is 5.32 Å². The number of nitrogens with zero attached hydrogens (tertiary/aromatic N) is 1. The number of hydrogen-bond donors (Lipinski definition) is 1. The maximum atomic E-state index is 4.33. The van der Waals surface area contributed by atoms with Crippen molar-refractivity contribution in [3.05, 3.63) is 22.8 Å². The van der Waals surface area contributed by atoms with Gasteiger partial charge in [-0.05, 0) is 41.0 Å². The average Bonchev–Trinajstić information content (AvgIpc) is 2.21. The summed E-state index contributed by atoms with van der Waals surface area (Å²) in [5, 5.41) is 4.41. The maximum absolute atomic E-state index is 4.33. The van der Waals surface area contributed by atoms with E-state index in [0.29, 0.717) is 12.0 Å². The SMILES string of the molecule is CNC(CSc1ccc(Br)cn1)C(C)C. The predicted octanol–water partition coefficient (Wildman–Crippen LogP) is 3.18. The van der Waals surface area contributed by atoms with Gasteiger partial charge < -0.3 is 5.32 Å². The predicted molar refractivity (Wildman–Crippen MR) is 70.3 cm³/mol. The zero-order valence-electron chi connectivity index (χ0n) is 9.33. The Balaban J connectivity index is 2.45. The zero-order valence-corrected chi connectivity index (χ0v) is 11.7. The van der Waals surface area contributed by atoms with E-state index in [9.17, 15) is 0 Å². The third-order valence-electron chi connectivity index (χ3n) is 2.29. The summed E-state index contributed by atoms with van der Waals surface area (Å²) in [4.78, 5) is 4.33. The monoisotopic (exact) mass is 288 g/mol. The van der Waals surface area contributed by atoms with Crippen molar-refractivity contribution in [2.45, 2.75) is 24.9 Å². The minimum atomic E-state index is 0.542. The molecule has 2 nitrogen and oxygen atoms in total. The van der Waals surface area contributed by atoms with Crippen molar-refractivity contribution >= 4 is 27.7 Å². The van der Waals surface area contributed by atoms with Gasteiger partial charge in [0.1, 0.15) is 0 Å². The normalized spacial score (nSPS) is 13.1. The smallest absolute Gasteiger partial charge is 0.0961 e. The summed E-state index contributed by atoms with van der Waals surface area (Å²) in [6.45, 7) is 4.47. The van der Waals surface area contributed by atoms with Crippen molar-refractivity contribution in [3.8, 4) is 0 Å². The molecule has 1 unspecified atom stereocenters. The molecule has 1 atom stereocenters. The highest BCUT2D eigenvalue weighted by Gasteiger charge is 2.11. The maximum Gasteiger partial charge on any atom is 0.0961 e. The van der Waals surface area contributed by atoms with Crippen LogP contribution in [0.3, 0.4) is 0 Å². The highest BCUT2D eigenvalue weighted by atomic mass is 79.9. The van der Waals surface area contributed by atoms with Crippen LogP contribution in [-0.4, -0.2) is 23.8 Å². The summed E-state index contributed by atoms with van der Waals surface area (Å²) >= 11 is 5.17. The molecule has 0 aliphatic rings. The second kappa shape index (κ2) is 6.51. The van der Waals surface area contributed by atoms with E-state index in [1.54, 1.807) is 11.8 Å². The van der Waals surface area contributed by atoms with Crippen LogP contribution in [0, 0.1) is 5.92 Å². The van der Waals surface area contributed by atoms with Crippen LogP contribution in [0.15, 0.2) is 27.8 Å². The van der Waals surface area contributed by atoms with Crippen LogP contribution in [0.4, 0.5) is 0 Å². The first-order valence-corrected chi connectivity index (χ1v) is 6.83. The van der Waals surface area contributed by atoms with Gasteiger partial charge in [0.2, 0.25) is 0 Å². The van der Waals surface area contributed by atoms with Crippen LogP contribution in [0.25, 0.3) is 0 Å². The Labute approximate surface area is 104 Å². The van der Waals surface area contributed by atoms with Gasteiger partial charge in [0, 0.05) is 22.5 Å². The van der Waals surface area contributed by atoms with Gasteiger partial charge in [0.05, 0.1) is 5.03 Å². The Bertz CT molecular complexity index is 287. The average molecular weight is 289 g/mol. The Morgan fingerprint density at radius 2 is 2.20 bits per heavy atom. The van der Waals surface area contributed by atoms with Crippen LogP contribution >= 0.6 is 27.7 Å². The molecule has 0 saturated carbocycles. The molecule has 0 spiro atoms. The third-order valence-corrected chi connectivity index (χ3v) is 3.82. The number of aromatic nitrogens is 1. The van der Waals surface area contributed by atoms with Crippen LogP contribution in [0.5, 0.6) is 0 Å². The van der Waals surface area contributed by atoms with E-state index in [1.807, 2.05) is 25.4 Å². The van der Waals surface area contributed by atoms with Crippen LogP contribution in [0.2, 0.25) is 0 Å². The molecule has 15 heavy (non-hydrogen) atoms. The molecule has 0 saturated heterocycles. The molecule has 1 rings (SSSR count). The first-order chi connectivity index (χ1) is 7.13. The van der Waals surface area contributed by atoms with Gasteiger partial charge in [0.15, 0.2) is 0 Å². The molecule has 84 valence electrons. The first-order valence-electron chi connectivity index (χ1n) is 5.05. The number of rotatable bonds is 5. The van der Waals surface area contributed by atoms with Crippen LogP contribution in [0.1, 0.15) is 13.8 Å². The van der Waals surface area contributed by atoms with Gasteiger partial charge in [-0.25, -0.2) is 4.98 Å². The van der Waals surface area contributed by atoms with E-state index in [2.05, 4.69) is 40.1 Å². The van der Waals surface area contributed by atoms with Crippen molar-refractivity contribution in [1.29, 1.82) is 0 Å². The molecule has 0 fully saturated rings. The first kappa shape index (κ1) is 13.0. The Kier molecular flexibility index (Phi) is 5.64. The molecule has 1 aromatic heterocycles.